The maximum Gasteiger partial charge on any atom is 0.238 e. The molecule has 0 unspecified atom stereocenters. The highest BCUT2D eigenvalue weighted by atomic mass is 16.3. The van der Waals surface area contributed by atoms with E-state index in [1.165, 1.54) is 12.1 Å². The van der Waals surface area contributed by atoms with Gasteiger partial charge in [-0.25, -0.2) is 4.90 Å². The molecule has 0 radical (unpaired) electrons. The topological polar surface area (TPSA) is 98.1 Å². The molecule has 3 fully saturated rings. The Bertz CT molecular complexity index is 613. The Labute approximate surface area is 120 Å². The molecule has 110 valence electrons. The van der Waals surface area contributed by atoms with Crippen LogP contribution in [0, 0.1) is 23.7 Å². The van der Waals surface area contributed by atoms with Crippen molar-refractivity contribution >= 4 is 17.5 Å². The second-order valence-electron chi connectivity index (χ2n) is 6.10. The van der Waals surface area contributed by atoms with E-state index in [2.05, 4.69) is 0 Å². The van der Waals surface area contributed by atoms with E-state index in [1.54, 1.807) is 12.1 Å². The SMILES string of the molecule is O=C1[C@@H]2[C@@H]3C[C@H]([C@H](O)[C@H]3O)[C@@H]2C(=O)N1c1ccccc1O. The number of amides is 2. The summed E-state index contributed by atoms with van der Waals surface area (Å²) in [6, 6.07) is 6.19. The summed E-state index contributed by atoms with van der Waals surface area (Å²) in [6.45, 7) is 0. The Morgan fingerprint density at radius 2 is 1.48 bits per heavy atom. The number of benzene rings is 1. The monoisotopic (exact) mass is 289 g/mol. The van der Waals surface area contributed by atoms with E-state index in [1.807, 2.05) is 0 Å². The molecule has 1 saturated heterocycles. The molecule has 6 nitrogen and oxygen atoms in total. The van der Waals surface area contributed by atoms with E-state index in [9.17, 15) is 24.9 Å². The van der Waals surface area contributed by atoms with Crippen LogP contribution in [-0.4, -0.2) is 39.3 Å². The molecule has 6 atom stereocenters. The first kappa shape index (κ1) is 12.8. The third-order valence-electron chi connectivity index (χ3n) is 5.21. The number of aliphatic hydroxyl groups excluding tert-OH is 2. The van der Waals surface area contributed by atoms with Crippen LogP contribution >= 0.6 is 0 Å². The van der Waals surface area contributed by atoms with Crippen molar-refractivity contribution in [3.8, 4) is 5.75 Å². The van der Waals surface area contributed by atoms with Gasteiger partial charge in [0.25, 0.3) is 0 Å². The summed E-state index contributed by atoms with van der Waals surface area (Å²) in [7, 11) is 0. The lowest BCUT2D eigenvalue weighted by atomic mass is 9.78. The summed E-state index contributed by atoms with van der Waals surface area (Å²) in [5, 5.41) is 29.8. The van der Waals surface area contributed by atoms with Gasteiger partial charge in [0.15, 0.2) is 0 Å². The molecule has 21 heavy (non-hydrogen) atoms. The minimum absolute atomic E-state index is 0.132. The molecule has 1 aromatic rings. The third kappa shape index (κ3) is 1.43. The maximum atomic E-state index is 12.6. The second kappa shape index (κ2) is 4.05. The van der Waals surface area contributed by atoms with Crippen molar-refractivity contribution in [3.05, 3.63) is 24.3 Å². The highest BCUT2D eigenvalue weighted by molar-refractivity contribution is 6.23. The highest BCUT2D eigenvalue weighted by Crippen LogP contribution is 2.57. The summed E-state index contributed by atoms with van der Waals surface area (Å²) in [4.78, 5) is 26.2. The second-order valence-corrected chi connectivity index (χ2v) is 6.10. The fourth-order valence-electron chi connectivity index (χ4n) is 4.32. The van der Waals surface area contributed by atoms with Gasteiger partial charge in [-0.1, -0.05) is 12.1 Å². The fraction of sp³-hybridized carbons (Fsp3) is 0.467. The zero-order chi connectivity index (χ0) is 14.9. The van der Waals surface area contributed by atoms with Crippen molar-refractivity contribution < 1.29 is 24.9 Å². The number of phenols is 1. The summed E-state index contributed by atoms with van der Waals surface area (Å²) in [5.41, 5.74) is 0.172. The molecular weight excluding hydrogens is 274 g/mol. The van der Waals surface area contributed by atoms with Crippen molar-refractivity contribution in [2.75, 3.05) is 4.90 Å². The van der Waals surface area contributed by atoms with E-state index >= 15 is 0 Å². The molecule has 4 rings (SSSR count). The van der Waals surface area contributed by atoms with Gasteiger partial charge in [-0.15, -0.1) is 0 Å². The van der Waals surface area contributed by atoms with E-state index in [-0.39, 0.29) is 35.1 Å². The maximum absolute atomic E-state index is 12.6. The Morgan fingerprint density at radius 1 is 0.952 bits per heavy atom. The van der Waals surface area contributed by atoms with Crippen LogP contribution in [0.15, 0.2) is 24.3 Å². The zero-order valence-electron chi connectivity index (χ0n) is 11.1. The summed E-state index contributed by atoms with van der Waals surface area (Å²) in [5.74, 6) is -2.81. The van der Waals surface area contributed by atoms with Crippen molar-refractivity contribution in [3.63, 3.8) is 0 Å². The number of phenolic OH excluding ortho intramolecular Hbond substituents is 1. The zero-order valence-corrected chi connectivity index (χ0v) is 11.1. The standard InChI is InChI=1S/C15H15NO5/c17-9-4-2-1-3-8(9)16-14(20)10-6-5-7(11(10)15(16)21)13(19)12(6)18/h1-4,6-7,10-13,17-19H,5H2/t6-,7-,10-,11+,12-,13-/m0/s1. The van der Waals surface area contributed by atoms with Gasteiger partial charge in [0.05, 0.1) is 29.7 Å². The van der Waals surface area contributed by atoms with Gasteiger partial charge in [-0.2, -0.15) is 0 Å². The van der Waals surface area contributed by atoms with Crippen molar-refractivity contribution in [2.24, 2.45) is 23.7 Å². The molecule has 0 aromatic heterocycles. The number of aromatic hydroxyl groups is 1. The van der Waals surface area contributed by atoms with Gasteiger partial charge >= 0.3 is 0 Å². The van der Waals surface area contributed by atoms with Gasteiger partial charge in [-0.3, -0.25) is 9.59 Å². The van der Waals surface area contributed by atoms with Crippen LogP contribution in [0.3, 0.4) is 0 Å². The van der Waals surface area contributed by atoms with Crippen molar-refractivity contribution in [1.29, 1.82) is 0 Å². The molecule has 2 bridgehead atoms. The lowest BCUT2D eigenvalue weighted by Gasteiger charge is -2.29. The highest BCUT2D eigenvalue weighted by Gasteiger charge is 2.67. The van der Waals surface area contributed by atoms with Crippen LogP contribution in [0.5, 0.6) is 5.75 Å². The Hall–Kier alpha value is -1.92. The van der Waals surface area contributed by atoms with E-state index < -0.39 is 24.0 Å². The van der Waals surface area contributed by atoms with E-state index in [4.69, 9.17) is 0 Å². The largest absolute Gasteiger partial charge is 0.506 e. The number of nitrogens with zero attached hydrogens (tertiary/aromatic N) is 1. The number of aliphatic hydroxyl groups is 2. The number of carbonyl (C=O) groups excluding carboxylic acids is 2. The Balaban J connectivity index is 1.77. The van der Waals surface area contributed by atoms with E-state index in [0.717, 1.165) is 4.90 Å². The summed E-state index contributed by atoms with van der Waals surface area (Å²) < 4.78 is 0. The number of imide groups is 1. The number of para-hydroxylation sites is 2. The molecule has 2 saturated carbocycles. The molecule has 6 heteroatoms. The Morgan fingerprint density at radius 3 is 2.00 bits per heavy atom. The first-order valence-corrected chi connectivity index (χ1v) is 7.04. The number of rotatable bonds is 1. The van der Waals surface area contributed by atoms with Crippen LogP contribution in [-0.2, 0) is 9.59 Å². The molecule has 2 aliphatic carbocycles. The average molecular weight is 289 g/mol. The predicted octanol–water partition coefficient (Wildman–Crippen LogP) is -0.131. The molecule has 1 aliphatic heterocycles. The Kier molecular flexibility index (Phi) is 2.47. The number of hydrogen-bond donors (Lipinski definition) is 3. The number of anilines is 1. The normalized spacial score (nSPS) is 41.0. The molecule has 1 heterocycles. The van der Waals surface area contributed by atoms with Crippen LogP contribution < -0.4 is 4.90 Å². The quantitative estimate of drug-likeness (QED) is 0.626. The molecule has 0 spiro atoms. The van der Waals surface area contributed by atoms with Gasteiger partial charge < -0.3 is 15.3 Å². The van der Waals surface area contributed by atoms with Crippen LogP contribution in [0.2, 0.25) is 0 Å². The number of fused-ring (bicyclic) bond motifs is 5. The average Bonchev–Trinajstić information content (AvgIpc) is 3.06. The lowest BCUT2D eigenvalue weighted by molar-refractivity contribution is -0.129. The third-order valence-corrected chi connectivity index (χ3v) is 5.21. The van der Waals surface area contributed by atoms with E-state index in [0.29, 0.717) is 6.42 Å². The minimum Gasteiger partial charge on any atom is -0.506 e. The van der Waals surface area contributed by atoms with Gasteiger partial charge in [0.1, 0.15) is 5.75 Å². The smallest absolute Gasteiger partial charge is 0.238 e. The molecule has 1 aromatic carbocycles. The van der Waals surface area contributed by atoms with Crippen molar-refractivity contribution in [1.82, 2.24) is 0 Å². The lowest BCUT2D eigenvalue weighted by Crippen LogP contribution is -2.43. The summed E-state index contributed by atoms with van der Waals surface area (Å²) >= 11 is 0. The molecular formula is C15H15NO5. The molecule has 3 N–H and O–H groups in total. The van der Waals surface area contributed by atoms with Gasteiger partial charge in [0, 0.05) is 11.8 Å². The summed E-state index contributed by atoms with van der Waals surface area (Å²) in [6.07, 6.45) is -1.39. The first-order valence-electron chi connectivity index (χ1n) is 7.04. The number of hydrogen-bond acceptors (Lipinski definition) is 5. The molecule has 3 aliphatic rings. The van der Waals surface area contributed by atoms with Gasteiger partial charge in [-0.05, 0) is 18.6 Å². The van der Waals surface area contributed by atoms with Gasteiger partial charge in [0.2, 0.25) is 11.8 Å². The number of carbonyl (C=O) groups is 2. The van der Waals surface area contributed by atoms with Crippen LogP contribution in [0.4, 0.5) is 5.69 Å². The minimum atomic E-state index is -0.947. The predicted molar refractivity (Wildman–Crippen MR) is 71.2 cm³/mol. The van der Waals surface area contributed by atoms with Crippen molar-refractivity contribution in [2.45, 2.75) is 18.6 Å². The van der Waals surface area contributed by atoms with Crippen LogP contribution in [0.25, 0.3) is 0 Å². The first-order chi connectivity index (χ1) is 10.0. The molecule has 2 amide bonds. The van der Waals surface area contributed by atoms with Crippen LogP contribution in [0.1, 0.15) is 6.42 Å². The fourth-order valence-corrected chi connectivity index (χ4v) is 4.32.